The van der Waals surface area contributed by atoms with E-state index < -0.39 is 11.0 Å². The quantitative estimate of drug-likeness (QED) is 0.585. The highest BCUT2D eigenvalue weighted by molar-refractivity contribution is 5.67. The summed E-state index contributed by atoms with van der Waals surface area (Å²) >= 11 is 0. The molecular weight excluding hydrogens is 228 g/mol. The topological polar surface area (TPSA) is 102 Å². The van der Waals surface area contributed by atoms with Crippen molar-refractivity contribution >= 4 is 11.8 Å². The highest BCUT2D eigenvalue weighted by atomic mass is 16.6. The molecule has 0 unspecified atom stereocenters. The molecule has 0 aromatic heterocycles. The van der Waals surface area contributed by atoms with E-state index in [4.69, 9.17) is 5.11 Å². The fourth-order valence-electron chi connectivity index (χ4n) is 1.14. The lowest BCUT2D eigenvalue weighted by molar-refractivity contribution is -0.384. The first kappa shape index (κ1) is 12.9. The number of alkyl carbamates (subject to hydrolysis) is 1. The number of amides is 1. The Morgan fingerprint density at radius 3 is 2.94 bits per heavy atom. The second-order valence-corrected chi connectivity index (χ2v) is 3.14. The molecule has 0 heterocycles. The van der Waals surface area contributed by atoms with Crippen LogP contribution in [0.15, 0.2) is 24.3 Å². The van der Waals surface area contributed by atoms with E-state index in [9.17, 15) is 14.9 Å². The first-order valence-electron chi connectivity index (χ1n) is 4.88. The number of nitrogens with one attached hydrogen (secondary N) is 1. The lowest BCUT2D eigenvalue weighted by Crippen LogP contribution is -2.24. The largest absolute Gasteiger partial charge is 0.447 e. The Morgan fingerprint density at radius 2 is 2.29 bits per heavy atom. The van der Waals surface area contributed by atoms with Crippen LogP contribution in [0.3, 0.4) is 0 Å². The van der Waals surface area contributed by atoms with Crippen LogP contribution >= 0.6 is 0 Å². The van der Waals surface area contributed by atoms with Crippen LogP contribution in [0.5, 0.6) is 0 Å². The number of carbonyl (C=O) groups excluding carboxylic acids is 1. The molecule has 17 heavy (non-hydrogen) atoms. The molecule has 1 rings (SSSR count). The summed E-state index contributed by atoms with van der Waals surface area (Å²) in [6.45, 7) is -0.197. The molecule has 2 N–H and O–H groups in total. The Labute approximate surface area is 97.2 Å². The average molecular weight is 240 g/mol. The predicted molar refractivity (Wildman–Crippen MR) is 58.4 cm³/mol. The van der Waals surface area contributed by atoms with E-state index in [1.54, 1.807) is 6.07 Å². The van der Waals surface area contributed by atoms with Crippen molar-refractivity contribution in [1.29, 1.82) is 0 Å². The number of non-ortho nitro benzene ring substituents is 1. The molecule has 7 nitrogen and oxygen atoms in total. The van der Waals surface area contributed by atoms with Crippen molar-refractivity contribution < 1.29 is 19.6 Å². The smallest absolute Gasteiger partial charge is 0.407 e. The summed E-state index contributed by atoms with van der Waals surface area (Å²) in [7, 11) is 0. The maximum absolute atomic E-state index is 11.0. The summed E-state index contributed by atoms with van der Waals surface area (Å²) in [6.07, 6.45) is -0.675. The van der Waals surface area contributed by atoms with Crippen molar-refractivity contribution in [3.8, 4) is 0 Å². The van der Waals surface area contributed by atoms with E-state index in [2.05, 4.69) is 10.1 Å². The number of hydrogen-bond donors (Lipinski definition) is 2. The predicted octanol–water partition coefficient (Wildman–Crippen LogP) is 0.813. The summed E-state index contributed by atoms with van der Waals surface area (Å²) in [5, 5.41) is 21.3. The van der Waals surface area contributed by atoms with E-state index in [1.807, 2.05) is 0 Å². The number of hydrogen-bond acceptors (Lipinski definition) is 5. The van der Waals surface area contributed by atoms with Gasteiger partial charge in [-0.15, -0.1) is 0 Å². The van der Waals surface area contributed by atoms with Gasteiger partial charge >= 0.3 is 6.09 Å². The fraction of sp³-hybridized carbons (Fsp3) is 0.300. The summed E-state index contributed by atoms with van der Waals surface area (Å²) in [6, 6.07) is 5.92. The van der Waals surface area contributed by atoms with Crippen molar-refractivity contribution in [2.45, 2.75) is 6.54 Å². The van der Waals surface area contributed by atoms with Crippen molar-refractivity contribution in [1.82, 2.24) is 5.32 Å². The van der Waals surface area contributed by atoms with Gasteiger partial charge in [0.1, 0.15) is 6.61 Å². The van der Waals surface area contributed by atoms with Gasteiger partial charge in [-0.05, 0) is 5.56 Å². The zero-order chi connectivity index (χ0) is 12.7. The molecule has 0 fully saturated rings. The molecule has 0 saturated carbocycles. The highest BCUT2D eigenvalue weighted by Crippen LogP contribution is 2.12. The average Bonchev–Trinajstić information content (AvgIpc) is 2.34. The summed E-state index contributed by atoms with van der Waals surface area (Å²) < 4.78 is 4.56. The molecule has 0 aliphatic carbocycles. The lowest BCUT2D eigenvalue weighted by atomic mass is 10.2. The Morgan fingerprint density at radius 1 is 1.53 bits per heavy atom. The minimum atomic E-state index is -0.675. The summed E-state index contributed by atoms with van der Waals surface area (Å²) in [5.41, 5.74) is 0.563. The zero-order valence-electron chi connectivity index (χ0n) is 8.96. The number of aliphatic hydroxyl groups is 1. The van der Waals surface area contributed by atoms with Crippen LogP contribution in [0.2, 0.25) is 0 Å². The van der Waals surface area contributed by atoms with Crippen molar-refractivity contribution in [2.24, 2.45) is 0 Å². The molecule has 0 aliphatic heterocycles. The maximum atomic E-state index is 11.0. The second kappa shape index (κ2) is 6.44. The van der Waals surface area contributed by atoms with E-state index in [0.29, 0.717) is 5.56 Å². The molecule has 7 heteroatoms. The third kappa shape index (κ3) is 4.47. The Bertz CT molecular complexity index is 407. The van der Waals surface area contributed by atoms with E-state index in [1.165, 1.54) is 18.2 Å². The van der Waals surface area contributed by atoms with E-state index in [-0.39, 0.29) is 25.4 Å². The number of aliphatic hydroxyl groups excluding tert-OH is 1. The van der Waals surface area contributed by atoms with Gasteiger partial charge in [0.2, 0.25) is 0 Å². The Kier molecular flexibility index (Phi) is 4.89. The van der Waals surface area contributed by atoms with Crippen molar-refractivity contribution in [2.75, 3.05) is 13.2 Å². The number of rotatable bonds is 5. The molecule has 0 radical (unpaired) electrons. The molecule has 0 atom stereocenters. The number of nitrogens with zero attached hydrogens (tertiary/aromatic N) is 1. The van der Waals surface area contributed by atoms with Crippen LogP contribution in [0.1, 0.15) is 5.56 Å². The number of carbonyl (C=O) groups is 1. The van der Waals surface area contributed by atoms with E-state index in [0.717, 1.165) is 0 Å². The third-order valence-corrected chi connectivity index (χ3v) is 1.88. The van der Waals surface area contributed by atoms with Gasteiger partial charge in [0.15, 0.2) is 0 Å². The molecule has 92 valence electrons. The van der Waals surface area contributed by atoms with Crippen LogP contribution in [0.4, 0.5) is 10.5 Å². The van der Waals surface area contributed by atoms with Crippen LogP contribution in [0, 0.1) is 10.1 Å². The molecule has 1 aromatic carbocycles. The van der Waals surface area contributed by atoms with Gasteiger partial charge in [0.05, 0.1) is 11.5 Å². The molecule has 1 amide bonds. The lowest BCUT2D eigenvalue weighted by Gasteiger charge is -2.05. The fourth-order valence-corrected chi connectivity index (χ4v) is 1.14. The van der Waals surface area contributed by atoms with Gasteiger partial charge < -0.3 is 15.2 Å². The van der Waals surface area contributed by atoms with Gasteiger partial charge in [-0.25, -0.2) is 4.79 Å². The van der Waals surface area contributed by atoms with Crippen LogP contribution in [0.25, 0.3) is 0 Å². The van der Waals surface area contributed by atoms with E-state index >= 15 is 0 Å². The normalized spacial score (nSPS) is 9.71. The molecule has 0 spiro atoms. The van der Waals surface area contributed by atoms with Gasteiger partial charge in [-0.1, -0.05) is 12.1 Å². The van der Waals surface area contributed by atoms with Gasteiger partial charge in [-0.2, -0.15) is 0 Å². The monoisotopic (exact) mass is 240 g/mol. The van der Waals surface area contributed by atoms with Gasteiger partial charge in [0, 0.05) is 18.7 Å². The summed E-state index contributed by atoms with van der Waals surface area (Å²) in [4.78, 5) is 21.0. The highest BCUT2D eigenvalue weighted by Gasteiger charge is 2.06. The minimum absolute atomic E-state index is 0.0342. The minimum Gasteiger partial charge on any atom is -0.447 e. The van der Waals surface area contributed by atoms with Crippen molar-refractivity contribution in [3.05, 3.63) is 39.9 Å². The molecule has 0 bridgehead atoms. The number of ether oxygens (including phenoxy) is 1. The number of benzene rings is 1. The van der Waals surface area contributed by atoms with Crippen LogP contribution < -0.4 is 5.32 Å². The third-order valence-electron chi connectivity index (χ3n) is 1.88. The molecule has 1 aromatic rings. The zero-order valence-corrected chi connectivity index (χ0v) is 8.96. The second-order valence-electron chi connectivity index (χ2n) is 3.14. The molecule has 0 aliphatic rings. The SMILES string of the molecule is O=C(NCc1cccc([N+](=O)[O-])c1)OCCO. The molecule has 0 saturated heterocycles. The Balaban J connectivity index is 2.49. The van der Waals surface area contributed by atoms with Crippen LogP contribution in [-0.2, 0) is 11.3 Å². The van der Waals surface area contributed by atoms with Gasteiger partial charge in [-0.3, -0.25) is 10.1 Å². The number of nitro benzene ring substituents is 1. The molecular formula is C10H12N2O5. The standard InChI is InChI=1S/C10H12N2O5/c13-4-5-17-10(14)11-7-8-2-1-3-9(6-8)12(15)16/h1-3,6,13H,4-5,7H2,(H,11,14). The number of nitro groups is 1. The van der Waals surface area contributed by atoms with Crippen LogP contribution in [-0.4, -0.2) is 29.3 Å². The summed E-state index contributed by atoms with van der Waals surface area (Å²) in [5.74, 6) is 0. The Hall–Kier alpha value is -2.15. The van der Waals surface area contributed by atoms with Crippen molar-refractivity contribution in [3.63, 3.8) is 0 Å². The maximum Gasteiger partial charge on any atom is 0.407 e. The first-order chi connectivity index (χ1) is 8.13. The first-order valence-corrected chi connectivity index (χ1v) is 4.88. The van der Waals surface area contributed by atoms with Gasteiger partial charge in [0.25, 0.3) is 5.69 Å².